The second-order valence-corrected chi connectivity index (χ2v) is 4.39. The Bertz CT molecular complexity index is 333. The number of rotatable bonds is 1. The third-order valence-corrected chi connectivity index (χ3v) is 3.35. The fraction of sp³-hybridized carbons (Fsp3) is 0.556. The van der Waals surface area contributed by atoms with Crippen LogP contribution >= 0.6 is 11.8 Å². The molecule has 0 bridgehead atoms. The van der Waals surface area contributed by atoms with E-state index in [1.807, 2.05) is 18.8 Å². The molecule has 1 aromatic heterocycles. The Balaban J connectivity index is 2.46. The highest BCUT2D eigenvalue weighted by atomic mass is 32.2. The molecule has 1 aliphatic rings. The van der Waals surface area contributed by atoms with Crippen LogP contribution in [-0.2, 0) is 19.9 Å². The van der Waals surface area contributed by atoms with Crippen molar-refractivity contribution < 1.29 is 4.79 Å². The highest BCUT2D eigenvalue weighted by Crippen LogP contribution is 2.21. The predicted molar refractivity (Wildman–Crippen MR) is 53.3 cm³/mol. The van der Waals surface area contributed by atoms with Crippen molar-refractivity contribution in [2.75, 3.05) is 11.5 Å². The van der Waals surface area contributed by atoms with E-state index in [0.717, 1.165) is 42.0 Å². The molecule has 13 heavy (non-hydrogen) atoms. The van der Waals surface area contributed by atoms with E-state index in [0.29, 0.717) is 0 Å². The SMILES string of the molecule is Cn1nc2c(c1C=O)CCSCC2. The van der Waals surface area contributed by atoms with E-state index in [1.165, 1.54) is 5.56 Å². The molecule has 2 rings (SSSR count). The molecule has 0 saturated heterocycles. The van der Waals surface area contributed by atoms with Gasteiger partial charge in [0.2, 0.25) is 0 Å². The molecule has 0 fully saturated rings. The molecule has 0 saturated carbocycles. The van der Waals surface area contributed by atoms with Crippen molar-refractivity contribution in [2.45, 2.75) is 12.8 Å². The Labute approximate surface area is 81.5 Å². The largest absolute Gasteiger partial charge is 0.296 e. The Kier molecular flexibility index (Phi) is 2.40. The smallest absolute Gasteiger partial charge is 0.168 e. The van der Waals surface area contributed by atoms with Crippen LogP contribution in [0.25, 0.3) is 0 Å². The van der Waals surface area contributed by atoms with Gasteiger partial charge in [-0.05, 0) is 17.9 Å². The van der Waals surface area contributed by atoms with Crippen LogP contribution in [0.2, 0.25) is 0 Å². The number of carbonyl (C=O) groups is 1. The van der Waals surface area contributed by atoms with Gasteiger partial charge >= 0.3 is 0 Å². The number of carbonyl (C=O) groups excluding carboxylic acids is 1. The summed E-state index contributed by atoms with van der Waals surface area (Å²) in [6, 6.07) is 0. The second-order valence-electron chi connectivity index (χ2n) is 3.16. The standard InChI is InChI=1S/C9H12N2OS/c1-11-9(6-12)7-2-4-13-5-3-8(7)10-11/h6H,2-5H2,1H3. The predicted octanol–water partition coefficient (Wildman–Crippen LogP) is 1.06. The van der Waals surface area contributed by atoms with Crippen molar-refractivity contribution in [3.63, 3.8) is 0 Å². The molecule has 2 heterocycles. The summed E-state index contributed by atoms with van der Waals surface area (Å²) in [5.74, 6) is 2.24. The van der Waals surface area contributed by atoms with Crippen LogP contribution in [-0.4, -0.2) is 27.6 Å². The zero-order valence-electron chi connectivity index (χ0n) is 7.62. The minimum absolute atomic E-state index is 0.762. The van der Waals surface area contributed by atoms with Gasteiger partial charge < -0.3 is 0 Å². The zero-order chi connectivity index (χ0) is 9.26. The van der Waals surface area contributed by atoms with Crippen LogP contribution in [0.15, 0.2) is 0 Å². The van der Waals surface area contributed by atoms with Crippen molar-refractivity contribution >= 4 is 18.0 Å². The first-order chi connectivity index (χ1) is 6.33. The molecule has 3 nitrogen and oxygen atoms in total. The van der Waals surface area contributed by atoms with Gasteiger partial charge in [0.25, 0.3) is 0 Å². The third-order valence-electron chi connectivity index (χ3n) is 2.37. The third kappa shape index (κ3) is 1.50. The maximum atomic E-state index is 10.8. The first kappa shape index (κ1) is 8.81. The maximum absolute atomic E-state index is 10.8. The minimum atomic E-state index is 0.762. The summed E-state index contributed by atoms with van der Waals surface area (Å²) >= 11 is 1.94. The average Bonchev–Trinajstić information content (AvgIpc) is 2.32. The van der Waals surface area contributed by atoms with Gasteiger partial charge in [0.1, 0.15) is 5.69 Å². The molecule has 70 valence electrons. The molecular formula is C9H12N2OS. The Morgan fingerprint density at radius 3 is 3.00 bits per heavy atom. The Morgan fingerprint density at radius 2 is 2.23 bits per heavy atom. The average molecular weight is 196 g/mol. The minimum Gasteiger partial charge on any atom is -0.296 e. The van der Waals surface area contributed by atoms with Gasteiger partial charge in [0, 0.05) is 19.0 Å². The van der Waals surface area contributed by atoms with Gasteiger partial charge in [-0.25, -0.2) is 0 Å². The molecule has 0 radical (unpaired) electrons. The summed E-state index contributed by atoms with van der Waals surface area (Å²) in [6.07, 6.45) is 2.91. The molecule has 1 aliphatic heterocycles. The molecule has 0 amide bonds. The summed E-state index contributed by atoms with van der Waals surface area (Å²) in [4.78, 5) is 10.8. The Hall–Kier alpha value is -0.770. The molecule has 0 aliphatic carbocycles. The van der Waals surface area contributed by atoms with Gasteiger partial charge in [-0.3, -0.25) is 9.48 Å². The van der Waals surface area contributed by atoms with Gasteiger partial charge in [0.15, 0.2) is 6.29 Å². The van der Waals surface area contributed by atoms with Crippen molar-refractivity contribution in [3.8, 4) is 0 Å². The van der Waals surface area contributed by atoms with Crippen LogP contribution in [0.5, 0.6) is 0 Å². The lowest BCUT2D eigenvalue weighted by atomic mass is 10.1. The van der Waals surface area contributed by atoms with E-state index < -0.39 is 0 Å². The topological polar surface area (TPSA) is 34.9 Å². The summed E-state index contributed by atoms with van der Waals surface area (Å²) in [7, 11) is 1.84. The lowest BCUT2D eigenvalue weighted by molar-refractivity contribution is 0.111. The van der Waals surface area contributed by atoms with Crippen molar-refractivity contribution in [3.05, 3.63) is 17.0 Å². The zero-order valence-corrected chi connectivity index (χ0v) is 8.43. The molecule has 0 atom stereocenters. The molecule has 0 spiro atoms. The summed E-state index contributed by atoms with van der Waals surface area (Å²) in [5, 5.41) is 4.35. The number of hydrogen-bond acceptors (Lipinski definition) is 3. The number of nitrogens with zero attached hydrogens (tertiary/aromatic N) is 2. The first-order valence-electron chi connectivity index (χ1n) is 4.40. The van der Waals surface area contributed by atoms with Crippen LogP contribution in [0.3, 0.4) is 0 Å². The Morgan fingerprint density at radius 1 is 1.46 bits per heavy atom. The molecule has 0 aromatic carbocycles. The van der Waals surface area contributed by atoms with E-state index in [-0.39, 0.29) is 0 Å². The van der Waals surface area contributed by atoms with Crippen LogP contribution in [0.1, 0.15) is 21.7 Å². The fourth-order valence-corrected chi connectivity index (χ4v) is 2.59. The number of aldehydes is 1. The van der Waals surface area contributed by atoms with E-state index in [9.17, 15) is 4.79 Å². The lowest BCUT2D eigenvalue weighted by Crippen LogP contribution is -1.99. The molecule has 4 heteroatoms. The fourth-order valence-electron chi connectivity index (χ4n) is 1.70. The van der Waals surface area contributed by atoms with Gasteiger partial charge in [-0.2, -0.15) is 16.9 Å². The number of aromatic nitrogens is 2. The summed E-state index contributed by atoms with van der Waals surface area (Å²) < 4.78 is 1.70. The normalized spacial score (nSPS) is 16.4. The lowest BCUT2D eigenvalue weighted by Gasteiger charge is -1.96. The quantitative estimate of drug-likeness (QED) is 0.630. The number of thioether (sulfide) groups is 1. The molecule has 0 unspecified atom stereocenters. The van der Waals surface area contributed by atoms with Gasteiger partial charge in [0.05, 0.1) is 5.69 Å². The van der Waals surface area contributed by atoms with Crippen molar-refractivity contribution in [1.29, 1.82) is 0 Å². The van der Waals surface area contributed by atoms with Crippen molar-refractivity contribution in [1.82, 2.24) is 9.78 Å². The monoisotopic (exact) mass is 196 g/mol. The molecular weight excluding hydrogens is 184 g/mol. The summed E-state index contributed by atoms with van der Waals surface area (Å²) in [6.45, 7) is 0. The maximum Gasteiger partial charge on any atom is 0.168 e. The van der Waals surface area contributed by atoms with Crippen molar-refractivity contribution in [2.24, 2.45) is 7.05 Å². The second kappa shape index (κ2) is 3.54. The van der Waals surface area contributed by atoms with E-state index >= 15 is 0 Å². The van der Waals surface area contributed by atoms with Crippen LogP contribution in [0, 0.1) is 0 Å². The van der Waals surface area contributed by atoms with Gasteiger partial charge in [-0.15, -0.1) is 0 Å². The number of aryl methyl sites for hydroxylation is 2. The van der Waals surface area contributed by atoms with E-state index in [1.54, 1.807) is 4.68 Å². The molecule has 1 aromatic rings. The van der Waals surface area contributed by atoms with Crippen LogP contribution < -0.4 is 0 Å². The highest BCUT2D eigenvalue weighted by molar-refractivity contribution is 7.99. The van der Waals surface area contributed by atoms with E-state index in [4.69, 9.17) is 0 Å². The number of hydrogen-bond donors (Lipinski definition) is 0. The van der Waals surface area contributed by atoms with Gasteiger partial charge in [-0.1, -0.05) is 0 Å². The van der Waals surface area contributed by atoms with Crippen LogP contribution in [0.4, 0.5) is 0 Å². The van der Waals surface area contributed by atoms with E-state index in [2.05, 4.69) is 5.10 Å². The first-order valence-corrected chi connectivity index (χ1v) is 5.56. The highest BCUT2D eigenvalue weighted by Gasteiger charge is 2.17. The number of fused-ring (bicyclic) bond motifs is 1. The molecule has 0 N–H and O–H groups in total. The summed E-state index contributed by atoms with van der Waals surface area (Å²) in [5.41, 5.74) is 3.05.